The van der Waals surface area contributed by atoms with Crippen LogP contribution >= 0.6 is 22.9 Å². The molecule has 5 nitrogen and oxygen atoms in total. The fraction of sp³-hybridized carbons (Fsp3) is 0.500. The Labute approximate surface area is 84.1 Å². The Balaban J connectivity index is 2.40. The molecule has 0 unspecified atom stereocenters. The van der Waals surface area contributed by atoms with Crippen LogP contribution in [0.3, 0.4) is 0 Å². The van der Waals surface area contributed by atoms with Crippen molar-refractivity contribution in [3.05, 3.63) is 9.47 Å². The zero-order chi connectivity index (χ0) is 9.68. The SMILES string of the molecule is COCCNC(=O)c1nnc(Cl)s1. The van der Waals surface area contributed by atoms with E-state index in [4.69, 9.17) is 16.3 Å². The third kappa shape index (κ3) is 3.25. The Bertz CT molecular complexity index is 291. The summed E-state index contributed by atoms with van der Waals surface area (Å²) in [5.41, 5.74) is 0. The standard InChI is InChI=1S/C6H8ClN3O2S/c1-12-3-2-8-4(11)5-9-10-6(7)13-5/h2-3H2,1H3,(H,8,11). The van der Waals surface area contributed by atoms with Crippen molar-refractivity contribution < 1.29 is 9.53 Å². The number of ether oxygens (including phenoxy) is 1. The topological polar surface area (TPSA) is 64.1 Å². The lowest BCUT2D eigenvalue weighted by atomic mass is 10.6. The number of carbonyl (C=O) groups is 1. The van der Waals surface area contributed by atoms with E-state index < -0.39 is 0 Å². The molecular weight excluding hydrogens is 214 g/mol. The van der Waals surface area contributed by atoms with Gasteiger partial charge in [0.15, 0.2) is 0 Å². The van der Waals surface area contributed by atoms with Gasteiger partial charge in [-0.3, -0.25) is 4.79 Å². The van der Waals surface area contributed by atoms with Gasteiger partial charge in [0.25, 0.3) is 5.91 Å². The van der Waals surface area contributed by atoms with Crippen molar-refractivity contribution in [1.29, 1.82) is 0 Å². The molecule has 0 aliphatic rings. The number of hydrogen-bond donors (Lipinski definition) is 1. The van der Waals surface area contributed by atoms with E-state index in [2.05, 4.69) is 15.5 Å². The van der Waals surface area contributed by atoms with Crippen molar-refractivity contribution in [3.8, 4) is 0 Å². The fourth-order valence-electron chi connectivity index (χ4n) is 0.639. The van der Waals surface area contributed by atoms with Crippen LogP contribution in [0.2, 0.25) is 4.47 Å². The summed E-state index contributed by atoms with van der Waals surface area (Å²) in [6.07, 6.45) is 0. The number of methoxy groups -OCH3 is 1. The molecule has 72 valence electrons. The zero-order valence-corrected chi connectivity index (χ0v) is 8.48. The molecule has 0 aliphatic carbocycles. The maximum absolute atomic E-state index is 11.2. The third-order valence-corrected chi connectivity index (χ3v) is 2.20. The molecule has 1 aromatic rings. The molecule has 0 spiro atoms. The molecule has 0 radical (unpaired) electrons. The average Bonchev–Trinajstić information content (AvgIpc) is 2.52. The molecular formula is C6H8ClN3O2S. The summed E-state index contributed by atoms with van der Waals surface area (Å²) in [6.45, 7) is 0.921. The maximum atomic E-state index is 11.2. The third-order valence-electron chi connectivity index (χ3n) is 1.19. The molecule has 0 aromatic carbocycles. The Morgan fingerprint density at radius 3 is 3.00 bits per heavy atom. The van der Waals surface area contributed by atoms with Gasteiger partial charge in [-0.1, -0.05) is 11.3 Å². The minimum absolute atomic E-state index is 0.261. The van der Waals surface area contributed by atoms with E-state index in [9.17, 15) is 4.79 Å². The van der Waals surface area contributed by atoms with Gasteiger partial charge in [0.2, 0.25) is 9.47 Å². The molecule has 1 heterocycles. The first-order valence-corrected chi connectivity index (χ1v) is 4.69. The van der Waals surface area contributed by atoms with E-state index in [1.165, 1.54) is 0 Å². The van der Waals surface area contributed by atoms with Gasteiger partial charge in [-0.05, 0) is 11.6 Å². The molecule has 0 fully saturated rings. The van der Waals surface area contributed by atoms with Crippen LogP contribution in [0.1, 0.15) is 9.80 Å². The number of nitrogens with zero attached hydrogens (tertiary/aromatic N) is 2. The predicted molar refractivity (Wildman–Crippen MR) is 49.1 cm³/mol. The van der Waals surface area contributed by atoms with Gasteiger partial charge in [-0.25, -0.2) is 0 Å². The zero-order valence-electron chi connectivity index (χ0n) is 6.91. The fourth-order valence-corrected chi connectivity index (χ4v) is 1.38. The van der Waals surface area contributed by atoms with Crippen LogP contribution in [0.15, 0.2) is 0 Å². The van der Waals surface area contributed by atoms with Gasteiger partial charge in [-0.15, -0.1) is 10.2 Å². The molecule has 7 heteroatoms. The van der Waals surface area contributed by atoms with Crippen molar-refractivity contribution in [1.82, 2.24) is 15.5 Å². The van der Waals surface area contributed by atoms with Gasteiger partial charge in [-0.2, -0.15) is 0 Å². The van der Waals surface area contributed by atoms with Crippen molar-refractivity contribution in [2.24, 2.45) is 0 Å². The van der Waals surface area contributed by atoms with E-state index in [1.54, 1.807) is 7.11 Å². The summed E-state index contributed by atoms with van der Waals surface area (Å²) in [4.78, 5) is 11.2. The highest BCUT2D eigenvalue weighted by Crippen LogP contribution is 2.14. The van der Waals surface area contributed by atoms with Gasteiger partial charge < -0.3 is 10.1 Å². The highest BCUT2D eigenvalue weighted by Gasteiger charge is 2.10. The largest absolute Gasteiger partial charge is 0.383 e. The minimum Gasteiger partial charge on any atom is -0.383 e. The van der Waals surface area contributed by atoms with Gasteiger partial charge in [0.05, 0.1) is 6.61 Å². The minimum atomic E-state index is -0.276. The molecule has 0 saturated heterocycles. The summed E-state index contributed by atoms with van der Waals surface area (Å²) in [5, 5.41) is 9.95. The molecule has 1 amide bonds. The summed E-state index contributed by atoms with van der Waals surface area (Å²) in [7, 11) is 1.56. The molecule has 0 saturated carbocycles. The molecule has 1 N–H and O–H groups in total. The number of aromatic nitrogens is 2. The van der Waals surface area contributed by atoms with Gasteiger partial charge in [0, 0.05) is 13.7 Å². The van der Waals surface area contributed by atoms with E-state index >= 15 is 0 Å². The highest BCUT2D eigenvalue weighted by molar-refractivity contribution is 7.17. The lowest BCUT2D eigenvalue weighted by Gasteiger charge is -1.99. The van der Waals surface area contributed by atoms with Crippen LogP contribution in [0.4, 0.5) is 0 Å². The number of nitrogens with one attached hydrogen (secondary N) is 1. The van der Waals surface area contributed by atoms with Crippen LogP contribution in [-0.4, -0.2) is 36.4 Å². The molecule has 1 rings (SSSR count). The second-order valence-electron chi connectivity index (χ2n) is 2.11. The number of carbonyl (C=O) groups excluding carboxylic acids is 1. The van der Waals surface area contributed by atoms with E-state index in [0.29, 0.717) is 13.2 Å². The van der Waals surface area contributed by atoms with Crippen molar-refractivity contribution >= 4 is 28.8 Å². The summed E-state index contributed by atoms with van der Waals surface area (Å²) >= 11 is 6.55. The molecule has 0 atom stereocenters. The smallest absolute Gasteiger partial charge is 0.282 e. The molecule has 0 aliphatic heterocycles. The van der Waals surface area contributed by atoms with Crippen molar-refractivity contribution in [3.63, 3.8) is 0 Å². The highest BCUT2D eigenvalue weighted by atomic mass is 35.5. The Morgan fingerprint density at radius 1 is 1.69 bits per heavy atom. The van der Waals surface area contributed by atoms with Gasteiger partial charge >= 0.3 is 0 Å². The van der Waals surface area contributed by atoms with E-state index in [1.807, 2.05) is 0 Å². The first-order chi connectivity index (χ1) is 6.24. The average molecular weight is 222 g/mol. The van der Waals surface area contributed by atoms with Gasteiger partial charge in [0.1, 0.15) is 0 Å². The van der Waals surface area contributed by atoms with Crippen molar-refractivity contribution in [2.75, 3.05) is 20.3 Å². The second-order valence-corrected chi connectivity index (χ2v) is 3.67. The van der Waals surface area contributed by atoms with Crippen LogP contribution < -0.4 is 5.32 Å². The summed E-state index contributed by atoms with van der Waals surface area (Å²) in [6, 6.07) is 0. The number of amides is 1. The molecule has 1 aromatic heterocycles. The quantitative estimate of drug-likeness (QED) is 0.755. The molecule has 13 heavy (non-hydrogen) atoms. The summed E-state index contributed by atoms with van der Waals surface area (Å²) < 4.78 is 5.02. The molecule has 0 bridgehead atoms. The monoisotopic (exact) mass is 221 g/mol. The Hall–Kier alpha value is -0.720. The second kappa shape index (κ2) is 5.11. The normalized spacial score (nSPS) is 10.0. The maximum Gasteiger partial charge on any atom is 0.282 e. The van der Waals surface area contributed by atoms with Crippen LogP contribution in [0.5, 0.6) is 0 Å². The summed E-state index contributed by atoms with van der Waals surface area (Å²) in [5.74, 6) is -0.276. The van der Waals surface area contributed by atoms with Crippen LogP contribution in [0.25, 0.3) is 0 Å². The van der Waals surface area contributed by atoms with Crippen LogP contribution in [-0.2, 0) is 4.74 Å². The number of rotatable bonds is 4. The number of hydrogen-bond acceptors (Lipinski definition) is 5. The van der Waals surface area contributed by atoms with E-state index in [-0.39, 0.29) is 15.4 Å². The first-order valence-electron chi connectivity index (χ1n) is 3.50. The lowest BCUT2D eigenvalue weighted by Crippen LogP contribution is -2.26. The first kappa shape index (κ1) is 10.4. The van der Waals surface area contributed by atoms with Crippen LogP contribution in [0, 0.1) is 0 Å². The Morgan fingerprint density at radius 2 is 2.46 bits per heavy atom. The predicted octanol–water partition coefficient (Wildman–Crippen LogP) is 0.568. The van der Waals surface area contributed by atoms with E-state index in [0.717, 1.165) is 11.3 Å². The number of halogens is 1. The van der Waals surface area contributed by atoms with Crippen molar-refractivity contribution in [2.45, 2.75) is 0 Å². The Kier molecular flexibility index (Phi) is 4.07. The lowest BCUT2D eigenvalue weighted by molar-refractivity contribution is 0.0936.